The van der Waals surface area contributed by atoms with Gasteiger partial charge in [0.2, 0.25) is 0 Å². The second-order valence-electron chi connectivity index (χ2n) is 7.28. The quantitative estimate of drug-likeness (QED) is 0.263. The van der Waals surface area contributed by atoms with Gasteiger partial charge in [0.25, 0.3) is 0 Å². The van der Waals surface area contributed by atoms with Gasteiger partial charge in [-0.25, -0.2) is 4.79 Å². The summed E-state index contributed by atoms with van der Waals surface area (Å²) in [6, 6.07) is 2.24. The van der Waals surface area contributed by atoms with E-state index in [1.807, 2.05) is 6.26 Å². The minimum Gasteiger partial charge on any atom is -0.465 e. The zero-order chi connectivity index (χ0) is 22.2. The van der Waals surface area contributed by atoms with E-state index >= 15 is 0 Å². The average molecular weight is 430 g/mol. The minimum absolute atomic E-state index is 0.101. The fraction of sp³-hybridized carbons (Fsp3) is 0.632. The smallest absolute Gasteiger partial charge is 0.407 e. The third-order valence-corrected chi connectivity index (χ3v) is 4.42. The summed E-state index contributed by atoms with van der Waals surface area (Å²) in [5.41, 5.74) is 0.149. The summed E-state index contributed by atoms with van der Waals surface area (Å²) < 4.78 is 10.1. The van der Waals surface area contributed by atoms with E-state index in [1.165, 1.54) is 18.7 Å². The van der Waals surface area contributed by atoms with Crippen LogP contribution in [-0.2, 0) is 20.8 Å². The summed E-state index contributed by atoms with van der Waals surface area (Å²) in [5.74, 6) is -0.672. The van der Waals surface area contributed by atoms with Crippen molar-refractivity contribution in [1.29, 1.82) is 0 Å². The molecule has 3 atom stereocenters. The highest BCUT2D eigenvalue weighted by Gasteiger charge is 2.28. The second kappa shape index (κ2) is 11.3. The van der Waals surface area contributed by atoms with Gasteiger partial charge >= 0.3 is 12.1 Å². The Balaban J connectivity index is 2.93. The first-order chi connectivity index (χ1) is 13.5. The van der Waals surface area contributed by atoms with Gasteiger partial charge in [0.05, 0.1) is 30.6 Å². The number of nitrogens with one attached hydrogen (secondary N) is 2. The molecule has 29 heavy (non-hydrogen) atoms. The molecule has 9 nitrogen and oxygen atoms in total. The first kappa shape index (κ1) is 25.2. The molecular weight excluding hydrogens is 398 g/mol. The minimum atomic E-state index is -1.32. The van der Waals surface area contributed by atoms with Crippen molar-refractivity contribution < 1.29 is 29.3 Å². The predicted octanol–water partition coefficient (Wildman–Crippen LogP) is 1.72. The first-order valence-electron chi connectivity index (χ1n) is 9.28. The molecular formula is C19H31N3O6S. The number of pyridine rings is 1. The van der Waals surface area contributed by atoms with E-state index in [4.69, 9.17) is 9.47 Å². The van der Waals surface area contributed by atoms with Crippen LogP contribution < -0.4 is 10.6 Å². The zero-order valence-corrected chi connectivity index (χ0v) is 18.5. The zero-order valence-electron chi connectivity index (χ0n) is 17.7. The van der Waals surface area contributed by atoms with Crippen LogP contribution in [-0.4, -0.2) is 57.9 Å². The topological polar surface area (TPSA) is 130 Å². The Morgan fingerprint density at radius 3 is 2.45 bits per heavy atom. The molecule has 1 amide bonds. The van der Waals surface area contributed by atoms with E-state index in [-0.39, 0.29) is 18.8 Å². The van der Waals surface area contributed by atoms with Crippen molar-refractivity contribution in [2.45, 2.75) is 70.0 Å². The van der Waals surface area contributed by atoms with E-state index in [2.05, 4.69) is 15.6 Å². The fourth-order valence-electron chi connectivity index (χ4n) is 2.33. The van der Waals surface area contributed by atoms with Crippen molar-refractivity contribution in [2.24, 2.45) is 0 Å². The molecule has 10 heteroatoms. The molecule has 1 aromatic rings. The standard InChI is InChI=1S/C19H31N3O6S/c1-7-27-17(25)15(11(2)23)22-16(24)12-8-9-14(29-6)13(21-12)10-20-18(26)28-19(3,4)5/h8-9,11,15-16,22-24H,7,10H2,1-6H3,(H,20,26). The summed E-state index contributed by atoms with van der Waals surface area (Å²) >= 11 is 1.44. The Morgan fingerprint density at radius 1 is 1.28 bits per heavy atom. The van der Waals surface area contributed by atoms with Gasteiger partial charge in [-0.05, 0) is 53.0 Å². The summed E-state index contributed by atoms with van der Waals surface area (Å²) in [5, 5.41) is 25.5. The van der Waals surface area contributed by atoms with Crippen molar-refractivity contribution in [1.82, 2.24) is 15.6 Å². The van der Waals surface area contributed by atoms with Gasteiger partial charge < -0.3 is 25.0 Å². The number of carbonyl (C=O) groups is 2. The highest BCUT2D eigenvalue weighted by molar-refractivity contribution is 7.98. The van der Waals surface area contributed by atoms with Crippen LogP contribution in [0.1, 0.15) is 52.2 Å². The Kier molecular flexibility index (Phi) is 9.84. The second-order valence-corrected chi connectivity index (χ2v) is 8.13. The largest absolute Gasteiger partial charge is 0.465 e. The Hall–Kier alpha value is -1.88. The van der Waals surface area contributed by atoms with Crippen molar-refractivity contribution in [2.75, 3.05) is 12.9 Å². The Bertz CT molecular complexity index is 693. The summed E-state index contributed by atoms with van der Waals surface area (Å²) in [6.45, 7) is 8.63. The van der Waals surface area contributed by atoms with Gasteiger partial charge in [0, 0.05) is 4.90 Å². The molecule has 0 radical (unpaired) electrons. The SMILES string of the molecule is CCOC(=O)C(NC(O)c1ccc(SC)c(CNC(=O)OC(C)(C)C)n1)C(C)O. The molecule has 0 spiro atoms. The lowest BCUT2D eigenvalue weighted by Crippen LogP contribution is -2.47. The molecule has 0 aliphatic rings. The average Bonchev–Trinajstić information content (AvgIpc) is 2.62. The molecule has 0 fully saturated rings. The lowest BCUT2D eigenvalue weighted by molar-refractivity contribution is -0.149. The number of aromatic nitrogens is 1. The lowest BCUT2D eigenvalue weighted by Gasteiger charge is -2.23. The summed E-state index contributed by atoms with van der Waals surface area (Å²) in [6.07, 6.45) is -1.11. The summed E-state index contributed by atoms with van der Waals surface area (Å²) in [4.78, 5) is 29.1. The van der Waals surface area contributed by atoms with Crippen LogP contribution >= 0.6 is 11.8 Å². The van der Waals surface area contributed by atoms with Gasteiger partial charge in [-0.15, -0.1) is 11.8 Å². The molecule has 0 aromatic carbocycles. The maximum Gasteiger partial charge on any atom is 0.407 e. The Morgan fingerprint density at radius 2 is 1.93 bits per heavy atom. The molecule has 1 rings (SSSR count). The van der Waals surface area contributed by atoms with Gasteiger partial charge in [-0.1, -0.05) is 0 Å². The van der Waals surface area contributed by atoms with Gasteiger partial charge in [0.15, 0.2) is 0 Å². The van der Waals surface area contributed by atoms with Crippen molar-refractivity contribution >= 4 is 23.8 Å². The number of thioether (sulfide) groups is 1. The molecule has 0 bridgehead atoms. The van der Waals surface area contributed by atoms with Crippen molar-refractivity contribution in [3.8, 4) is 0 Å². The van der Waals surface area contributed by atoms with Crippen LogP contribution in [0.3, 0.4) is 0 Å². The number of ether oxygens (including phenoxy) is 2. The number of alkyl carbamates (subject to hydrolysis) is 1. The number of hydrogen-bond donors (Lipinski definition) is 4. The number of aliphatic hydroxyl groups is 2. The van der Waals surface area contributed by atoms with Crippen LogP contribution in [0.4, 0.5) is 4.79 Å². The number of nitrogens with zero attached hydrogens (tertiary/aromatic N) is 1. The van der Waals surface area contributed by atoms with E-state index < -0.39 is 36.0 Å². The summed E-state index contributed by atoms with van der Waals surface area (Å²) in [7, 11) is 0. The molecule has 0 saturated carbocycles. The van der Waals surface area contributed by atoms with Crippen LogP contribution in [0, 0.1) is 0 Å². The molecule has 1 aromatic heterocycles. The van der Waals surface area contributed by atoms with E-state index in [9.17, 15) is 19.8 Å². The maximum atomic E-state index is 12.0. The third kappa shape index (κ3) is 8.57. The van der Waals surface area contributed by atoms with Gasteiger partial charge in [-0.2, -0.15) is 0 Å². The van der Waals surface area contributed by atoms with E-state index in [1.54, 1.807) is 39.8 Å². The number of rotatable bonds is 9. The highest BCUT2D eigenvalue weighted by atomic mass is 32.2. The van der Waals surface area contributed by atoms with Crippen LogP contribution in [0.2, 0.25) is 0 Å². The molecule has 3 unspecified atom stereocenters. The van der Waals surface area contributed by atoms with Crippen LogP contribution in [0.15, 0.2) is 17.0 Å². The van der Waals surface area contributed by atoms with E-state index in [0.29, 0.717) is 5.69 Å². The number of amides is 1. The maximum absolute atomic E-state index is 12.0. The van der Waals surface area contributed by atoms with Crippen molar-refractivity contribution in [3.05, 3.63) is 23.5 Å². The van der Waals surface area contributed by atoms with E-state index in [0.717, 1.165) is 4.90 Å². The van der Waals surface area contributed by atoms with Crippen LogP contribution in [0.25, 0.3) is 0 Å². The predicted molar refractivity (Wildman–Crippen MR) is 109 cm³/mol. The lowest BCUT2D eigenvalue weighted by atomic mass is 10.1. The van der Waals surface area contributed by atoms with Crippen molar-refractivity contribution in [3.63, 3.8) is 0 Å². The van der Waals surface area contributed by atoms with Gasteiger partial charge in [0.1, 0.15) is 17.9 Å². The highest BCUT2D eigenvalue weighted by Crippen LogP contribution is 2.21. The number of aliphatic hydroxyl groups excluding tert-OH is 2. The molecule has 0 aliphatic heterocycles. The molecule has 1 heterocycles. The van der Waals surface area contributed by atoms with Gasteiger partial charge in [-0.3, -0.25) is 15.1 Å². The first-order valence-corrected chi connectivity index (χ1v) is 10.5. The molecule has 4 N–H and O–H groups in total. The number of esters is 1. The fourth-order valence-corrected chi connectivity index (χ4v) is 2.89. The number of hydrogen-bond acceptors (Lipinski definition) is 9. The monoisotopic (exact) mass is 429 g/mol. The van der Waals surface area contributed by atoms with Crippen LogP contribution in [0.5, 0.6) is 0 Å². The Labute approximate surface area is 175 Å². The third-order valence-electron chi connectivity index (χ3n) is 3.61. The normalized spacial score (nSPS) is 14.6. The number of carbonyl (C=O) groups excluding carboxylic acids is 2. The molecule has 0 saturated heterocycles. The molecule has 0 aliphatic carbocycles. The molecule has 164 valence electrons.